The molecular weight excluding hydrogens is 832 g/mol. The summed E-state index contributed by atoms with van der Waals surface area (Å²) in [6.45, 7) is 12.9. The average molecular weight is 877 g/mol. The standard InChI is InChI=1S/2C21H21P.2ClH.Pt/c2*1-16-4-10-19(11-5-16)22(20-12-6-17(2)7-13-20)21-14-8-18(3)9-15-21;;;/h2*4-15H,1-3H3;2*1H;. The molecule has 0 unspecified atom stereocenters. The van der Waals surface area contributed by atoms with Gasteiger partial charge in [-0.1, -0.05) is 0 Å². The Balaban J connectivity index is 1.88. The molecule has 6 aromatic rings. The molecule has 0 atom stereocenters. The van der Waals surface area contributed by atoms with Crippen LogP contribution in [0.5, 0.6) is 0 Å². The van der Waals surface area contributed by atoms with E-state index in [4.69, 9.17) is 18.8 Å². The summed E-state index contributed by atoms with van der Waals surface area (Å²) in [7, 11) is 17.8. The molecule has 5 heteroatoms. The van der Waals surface area contributed by atoms with Crippen LogP contribution in [0.15, 0.2) is 146 Å². The summed E-state index contributed by atoms with van der Waals surface area (Å²) in [6.07, 6.45) is 0. The van der Waals surface area contributed by atoms with Crippen LogP contribution in [0.25, 0.3) is 0 Å². The van der Waals surface area contributed by atoms with Gasteiger partial charge in [-0.15, -0.1) is 0 Å². The molecule has 0 amide bonds. The van der Waals surface area contributed by atoms with Crippen LogP contribution in [-0.2, 0) is 13.0 Å². The van der Waals surface area contributed by atoms with Crippen LogP contribution < -0.4 is 31.8 Å². The fraction of sp³-hybridized carbons (Fsp3) is 0.143. The normalized spacial score (nSPS) is 13.3. The summed E-state index contributed by atoms with van der Waals surface area (Å²) in [5.41, 5.74) is 7.36. The molecule has 0 saturated carbocycles. The van der Waals surface area contributed by atoms with Gasteiger partial charge in [-0.25, -0.2) is 0 Å². The first kappa shape index (κ1) is 34.3. The molecule has 0 N–H and O–H groups in total. The predicted molar refractivity (Wildman–Crippen MR) is 213 cm³/mol. The van der Waals surface area contributed by atoms with E-state index in [1.807, 2.05) is 0 Å². The maximum absolute atomic E-state index is 8.90. The molecule has 0 aromatic heterocycles. The van der Waals surface area contributed by atoms with Crippen molar-refractivity contribution >= 4 is 61.4 Å². The van der Waals surface area contributed by atoms with Crippen LogP contribution in [0, 0.1) is 41.5 Å². The fourth-order valence-corrected chi connectivity index (χ4v) is 81.9. The van der Waals surface area contributed by atoms with Gasteiger partial charge in [0, 0.05) is 0 Å². The topological polar surface area (TPSA) is 0 Å². The summed E-state index contributed by atoms with van der Waals surface area (Å²) < 4.78 is 0. The molecule has 0 aliphatic heterocycles. The zero-order chi connectivity index (χ0) is 33.4. The van der Waals surface area contributed by atoms with E-state index in [1.54, 1.807) is 0 Å². The van der Waals surface area contributed by atoms with Gasteiger partial charge in [0.15, 0.2) is 0 Å². The van der Waals surface area contributed by atoms with Crippen molar-refractivity contribution in [1.82, 2.24) is 0 Å². The van der Waals surface area contributed by atoms with E-state index in [0.717, 1.165) is 0 Å². The SMILES string of the molecule is Cc1ccc([PH](c2ccc(C)cc2)(c2ccc(C)cc2)[Pt]([Cl])([Cl])[PH](c2ccc(C)cc2)(c2ccc(C)cc2)c2ccc(C)cc2)cc1. The van der Waals surface area contributed by atoms with Gasteiger partial charge in [-0.3, -0.25) is 0 Å². The van der Waals surface area contributed by atoms with Gasteiger partial charge in [0.2, 0.25) is 0 Å². The Morgan fingerprint density at radius 2 is 0.404 bits per heavy atom. The molecule has 0 aliphatic rings. The van der Waals surface area contributed by atoms with Crippen LogP contribution in [-0.4, -0.2) is 0 Å². The first-order valence-corrected chi connectivity index (χ1v) is 32.1. The third-order valence-corrected chi connectivity index (χ3v) is 70.8. The van der Waals surface area contributed by atoms with Crippen LogP contribution >= 0.6 is 29.5 Å². The number of hydrogen-bond acceptors (Lipinski definition) is 0. The van der Waals surface area contributed by atoms with Gasteiger partial charge in [-0.2, -0.15) is 0 Å². The zero-order valence-corrected chi connectivity index (χ0v) is 33.7. The Morgan fingerprint density at radius 3 is 0.532 bits per heavy atom. The van der Waals surface area contributed by atoms with Crippen molar-refractivity contribution in [2.75, 3.05) is 0 Å². The number of aryl methyl sites for hydroxylation is 6. The second-order valence-corrected chi connectivity index (χ2v) is 55.3. The molecule has 0 nitrogen and oxygen atoms in total. The van der Waals surface area contributed by atoms with Crippen molar-refractivity contribution in [1.29, 1.82) is 0 Å². The van der Waals surface area contributed by atoms with Crippen molar-refractivity contribution in [3.05, 3.63) is 179 Å². The Morgan fingerprint density at radius 1 is 0.277 bits per heavy atom. The van der Waals surface area contributed by atoms with Crippen molar-refractivity contribution in [2.24, 2.45) is 0 Å². The quantitative estimate of drug-likeness (QED) is 0.134. The first-order chi connectivity index (χ1) is 22.5. The molecule has 0 spiro atoms. The number of halogens is 2. The number of rotatable bonds is 8. The average Bonchev–Trinajstić information content (AvgIpc) is 3.06. The van der Waals surface area contributed by atoms with Gasteiger partial charge in [0.1, 0.15) is 0 Å². The molecule has 6 rings (SSSR count). The van der Waals surface area contributed by atoms with Crippen LogP contribution in [0.2, 0.25) is 0 Å². The minimum absolute atomic E-state index is 1.23. The second kappa shape index (κ2) is 13.8. The Kier molecular flexibility index (Phi) is 10.0. The molecule has 6 aromatic carbocycles. The van der Waals surface area contributed by atoms with Crippen molar-refractivity contribution < 1.29 is 13.0 Å². The summed E-state index contributed by atoms with van der Waals surface area (Å²) in [5.74, 6) is 0. The van der Waals surface area contributed by atoms with Gasteiger partial charge in [-0.05, 0) is 0 Å². The molecule has 0 aliphatic carbocycles. The van der Waals surface area contributed by atoms with Crippen molar-refractivity contribution in [3.8, 4) is 0 Å². The first-order valence-electron chi connectivity index (χ1n) is 16.0. The predicted octanol–water partition coefficient (Wildman–Crippen LogP) is 9.58. The van der Waals surface area contributed by atoms with E-state index >= 15 is 0 Å². The Bertz CT molecular complexity index is 1600. The van der Waals surface area contributed by atoms with Crippen LogP contribution in [0.4, 0.5) is 0 Å². The van der Waals surface area contributed by atoms with Crippen molar-refractivity contribution in [2.45, 2.75) is 41.5 Å². The van der Waals surface area contributed by atoms with Gasteiger partial charge < -0.3 is 0 Å². The zero-order valence-electron chi connectivity index (χ0n) is 27.9. The molecule has 0 radical (unpaired) electrons. The molecular formula is C42H44Cl2P2Pt. The third kappa shape index (κ3) is 6.01. The Hall–Kier alpha value is -2.55. The summed E-state index contributed by atoms with van der Waals surface area (Å²) in [5, 5.41) is 1.33. The van der Waals surface area contributed by atoms with E-state index < -0.39 is 23.7 Å². The van der Waals surface area contributed by atoms with Gasteiger partial charge in [0.05, 0.1) is 0 Å². The fourth-order valence-electron chi connectivity index (χ4n) is 6.50. The molecule has 0 fully saturated rings. The summed E-state index contributed by atoms with van der Waals surface area (Å²) in [4.78, 5) is 0. The molecule has 246 valence electrons. The van der Waals surface area contributed by atoms with Crippen molar-refractivity contribution in [3.63, 3.8) is 0 Å². The van der Waals surface area contributed by atoms with E-state index in [-0.39, 0.29) is 0 Å². The summed E-state index contributed by atoms with van der Waals surface area (Å²) >= 11 is -4.29. The maximum atomic E-state index is 8.90. The molecule has 0 heterocycles. The van der Waals surface area contributed by atoms with Crippen LogP contribution in [0.1, 0.15) is 33.4 Å². The van der Waals surface area contributed by atoms with E-state index in [9.17, 15) is 0 Å². The number of benzene rings is 6. The second-order valence-electron chi connectivity index (χ2n) is 12.8. The number of hydrogen-bond donors (Lipinski definition) is 0. The van der Waals surface area contributed by atoms with Gasteiger partial charge >= 0.3 is 295 Å². The van der Waals surface area contributed by atoms with E-state index in [1.165, 1.54) is 65.2 Å². The summed E-state index contributed by atoms with van der Waals surface area (Å²) in [6, 6.07) is 55.0. The molecule has 0 bridgehead atoms. The minimum atomic E-state index is -4.29. The molecule has 0 saturated heterocycles. The van der Waals surface area contributed by atoms with E-state index in [2.05, 4.69) is 187 Å². The van der Waals surface area contributed by atoms with Gasteiger partial charge in [0.25, 0.3) is 0 Å². The van der Waals surface area contributed by atoms with Crippen LogP contribution in [0.3, 0.4) is 0 Å². The monoisotopic (exact) mass is 875 g/mol. The third-order valence-electron chi connectivity index (χ3n) is 9.18. The van der Waals surface area contributed by atoms with E-state index in [0.29, 0.717) is 0 Å². The molecule has 47 heavy (non-hydrogen) atoms. The Labute approximate surface area is 292 Å².